The first kappa shape index (κ1) is 25.5. The predicted octanol–water partition coefficient (Wildman–Crippen LogP) is 4.43. The number of hydrogen-bond donors (Lipinski definition) is 0. The second-order valence-corrected chi connectivity index (χ2v) is 9.77. The minimum atomic E-state index is -0.269. The van der Waals surface area contributed by atoms with Crippen molar-refractivity contribution in [3.05, 3.63) is 59.0 Å². The highest BCUT2D eigenvalue weighted by Gasteiger charge is 2.19. The Balaban J connectivity index is 1.34. The fourth-order valence-corrected chi connectivity index (χ4v) is 5.28. The first-order valence-corrected chi connectivity index (χ1v) is 13.3. The maximum atomic E-state index is 13.4. The van der Waals surface area contributed by atoms with E-state index >= 15 is 0 Å². The molecule has 5 rings (SSSR count). The SMILES string of the molecule is COc1cc(-n2ccc3cc(OCC4CCCO4)ccc3c2=O)ccc1N1CCCN(CCCF)CC1. The predicted molar refractivity (Wildman–Crippen MR) is 144 cm³/mol. The summed E-state index contributed by atoms with van der Waals surface area (Å²) in [4.78, 5) is 18.0. The number of methoxy groups -OCH3 is 1. The summed E-state index contributed by atoms with van der Waals surface area (Å²) in [6.07, 6.45) is 5.66. The number of ether oxygens (including phenoxy) is 3. The Kier molecular flexibility index (Phi) is 8.26. The lowest BCUT2D eigenvalue weighted by molar-refractivity contribution is 0.0680. The van der Waals surface area contributed by atoms with E-state index in [1.54, 1.807) is 17.9 Å². The summed E-state index contributed by atoms with van der Waals surface area (Å²) >= 11 is 0. The van der Waals surface area contributed by atoms with Gasteiger partial charge >= 0.3 is 0 Å². The van der Waals surface area contributed by atoms with Crippen LogP contribution in [0.2, 0.25) is 0 Å². The van der Waals surface area contributed by atoms with Crippen molar-refractivity contribution in [3.8, 4) is 17.2 Å². The Morgan fingerprint density at radius 1 is 1.05 bits per heavy atom. The van der Waals surface area contributed by atoms with Gasteiger partial charge in [0.2, 0.25) is 0 Å². The van der Waals surface area contributed by atoms with Gasteiger partial charge in [-0.3, -0.25) is 13.8 Å². The van der Waals surface area contributed by atoms with E-state index in [1.807, 2.05) is 42.5 Å². The maximum absolute atomic E-state index is 13.4. The minimum Gasteiger partial charge on any atom is -0.495 e. The molecule has 0 saturated carbocycles. The van der Waals surface area contributed by atoms with E-state index in [9.17, 15) is 9.18 Å². The number of hydrogen-bond acceptors (Lipinski definition) is 6. The number of pyridine rings is 1. The van der Waals surface area contributed by atoms with Gasteiger partial charge in [-0.25, -0.2) is 0 Å². The van der Waals surface area contributed by atoms with Crippen molar-refractivity contribution in [1.82, 2.24) is 9.47 Å². The van der Waals surface area contributed by atoms with E-state index in [0.29, 0.717) is 18.4 Å². The molecule has 37 heavy (non-hydrogen) atoms. The summed E-state index contributed by atoms with van der Waals surface area (Å²) in [7, 11) is 1.66. The van der Waals surface area contributed by atoms with Crippen LogP contribution in [0.4, 0.5) is 10.1 Å². The average Bonchev–Trinajstić information content (AvgIpc) is 3.35. The van der Waals surface area contributed by atoms with Crippen molar-refractivity contribution in [1.29, 1.82) is 0 Å². The highest BCUT2D eigenvalue weighted by Crippen LogP contribution is 2.31. The van der Waals surface area contributed by atoms with Crippen molar-refractivity contribution >= 4 is 16.5 Å². The summed E-state index contributed by atoms with van der Waals surface area (Å²) in [6, 6.07) is 13.5. The van der Waals surface area contributed by atoms with Gasteiger partial charge in [0.05, 0.1) is 31.3 Å². The molecule has 3 heterocycles. The first-order chi connectivity index (χ1) is 18.2. The zero-order chi connectivity index (χ0) is 25.6. The molecule has 0 radical (unpaired) electrons. The number of alkyl halides is 1. The van der Waals surface area contributed by atoms with Gasteiger partial charge in [-0.05, 0) is 74.0 Å². The molecule has 3 aromatic rings. The zero-order valence-electron chi connectivity index (χ0n) is 21.5. The summed E-state index contributed by atoms with van der Waals surface area (Å²) in [6.45, 7) is 5.50. The number of anilines is 1. The topological polar surface area (TPSA) is 56.2 Å². The van der Waals surface area contributed by atoms with Crippen LogP contribution < -0.4 is 19.9 Å². The molecular weight excluding hydrogens is 473 g/mol. The molecule has 2 saturated heterocycles. The molecule has 7 nitrogen and oxygen atoms in total. The summed E-state index contributed by atoms with van der Waals surface area (Å²) in [5, 5.41) is 1.48. The molecule has 0 amide bonds. The number of aromatic nitrogens is 1. The quantitative estimate of drug-likeness (QED) is 0.426. The van der Waals surface area contributed by atoms with Crippen molar-refractivity contribution in [2.24, 2.45) is 0 Å². The van der Waals surface area contributed by atoms with E-state index in [2.05, 4.69) is 9.80 Å². The van der Waals surface area contributed by atoms with Crippen LogP contribution in [-0.4, -0.2) is 75.3 Å². The van der Waals surface area contributed by atoms with Crippen LogP contribution in [0, 0.1) is 0 Å². The molecule has 2 aliphatic rings. The van der Waals surface area contributed by atoms with Crippen molar-refractivity contribution in [3.63, 3.8) is 0 Å². The number of rotatable bonds is 9. The second-order valence-electron chi connectivity index (χ2n) is 9.77. The molecule has 0 N–H and O–H groups in total. The summed E-state index contributed by atoms with van der Waals surface area (Å²) in [5.74, 6) is 1.48. The largest absolute Gasteiger partial charge is 0.495 e. The van der Waals surface area contributed by atoms with E-state index in [0.717, 1.165) is 86.9 Å². The first-order valence-electron chi connectivity index (χ1n) is 13.3. The Labute approximate surface area is 217 Å². The second kappa shape index (κ2) is 12.0. The third-order valence-corrected chi connectivity index (χ3v) is 7.31. The fraction of sp³-hybridized carbons (Fsp3) is 0.483. The molecule has 2 fully saturated rings. The van der Waals surface area contributed by atoms with E-state index in [1.165, 1.54) is 0 Å². The Hall–Kier alpha value is -3.10. The highest BCUT2D eigenvalue weighted by atomic mass is 19.1. The van der Waals surface area contributed by atoms with Gasteiger partial charge in [0.1, 0.15) is 18.1 Å². The Morgan fingerprint density at radius 3 is 2.78 bits per heavy atom. The fourth-order valence-electron chi connectivity index (χ4n) is 5.28. The summed E-state index contributed by atoms with van der Waals surface area (Å²) in [5.41, 5.74) is 1.68. The Bertz CT molecular complexity index is 1260. The monoisotopic (exact) mass is 509 g/mol. The molecule has 198 valence electrons. The zero-order valence-corrected chi connectivity index (χ0v) is 21.5. The lowest BCUT2D eigenvalue weighted by Gasteiger charge is -2.26. The molecule has 1 atom stereocenters. The van der Waals surface area contributed by atoms with Crippen LogP contribution in [0.15, 0.2) is 53.5 Å². The lowest BCUT2D eigenvalue weighted by atomic mass is 10.1. The number of benzene rings is 2. The standard InChI is InChI=1S/C29H36FN3O4/c1-35-28-20-23(6-9-27(28)32-14-4-13-31(16-17-32)12-3-11-30)33-15-10-22-19-24(7-8-26(22)29(33)34)37-21-25-5-2-18-36-25/h6-10,15,19-20,25H,2-5,11-14,16-18,21H2,1H3. The third kappa shape index (κ3) is 5.91. The van der Waals surface area contributed by atoms with Crippen molar-refractivity contribution in [2.75, 3.05) is 64.6 Å². The van der Waals surface area contributed by atoms with Gasteiger partial charge < -0.3 is 24.0 Å². The highest BCUT2D eigenvalue weighted by molar-refractivity contribution is 5.83. The van der Waals surface area contributed by atoms with E-state index in [4.69, 9.17) is 14.2 Å². The average molecular weight is 510 g/mol. The molecular formula is C29H36FN3O4. The minimum absolute atomic E-state index is 0.0868. The van der Waals surface area contributed by atoms with E-state index < -0.39 is 0 Å². The molecule has 2 aromatic carbocycles. The summed E-state index contributed by atoms with van der Waals surface area (Å²) < 4.78 is 31.6. The van der Waals surface area contributed by atoms with Gasteiger partial charge in [0, 0.05) is 50.4 Å². The van der Waals surface area contributed by atoms with Gasteiger partial charge in [-0.1, -0.05) is 0 Å². The van der Waals surface area contributed by atoms with Crippen LogP contribution in [-0.2, 0) is 4.74 Å². The van der Waals surface area contributed by atoms with Crippen LogP contribution in [0.5, 0.6) is 11.5 Å². The Morgan fingerprint density at radius 2 is 1.97 bits per heavy atom. The number of nitrogens with zero attached hydrogens (tertiary/aromatic N) is 3. The van der Waals surface area contributed by atoms with Crippen LogP contribution in [0.3, 0.4) is 0 Å². The molecule has 1 unspecified atom stereocenters. The van der Waals surface area contributed by atoms with Gasteiger partial charge in [0.15, 0.2) is 0 Å². The molecule has 8 heteroatoms. The number of fused-ring (bicyclic) bond motifs is 1. The van der Waals surface area contributed by atoms with Crippen LogP contribution >= 0.6 is 0 Å². The van der Waals surface area contributed by atoms with E-state index in [-0.39, 0.29) is 18.3 Å². The third-order valence-electron chi connectivity index (χ3n) is 7.31. The maximum Gasteiger partial charge on any atom is 0.262 e. The molecule has 1 aromatic heterocycles. The molecule has 0 bridgehead atoms. The van der Waals surface area contributed by atoms with Crippen molar-refractivity contribution < 1.29 is 18.6 Å². The van der Waals surface area contributed by atoms with Gasteiger partial charge in [0.25, 0.3) is 5.56 Å². The molecule has 0 spiro atoms. The molecule has 0 aliphatic carbocycles. The van der Waals surface area contributed by atoms with Crippen LogP contribution in [0.25, 0.3) is 16.5 Å². The smallest absolute Gasteiger partial charge is 0.262 e. The van der Waals surface area contributed by atoms with Gasteiger partial charge in [-0.15, -0.1) is 0 Å². The van der Waals surface area contributed by atoms with Gasteiger partial charge in [-0.2, -0.15) is 0 Å². The molecule has 2 aliphatic heterocycles. The van der Waals surface area contributed by atoms with Crippen LogP contribution in [0.1, 0.15) is 25.7 Å². The number of halogens is 1. The normalized spacial score (nSPS) is 18.8. The van der Waals surface area contributed by atoms with Crippen molar-refractivity contribution in [2.45, 2.75) is 31.8 Å². The lowest BCUT2D eigenvalue weighted by Crippen LogP contribution is -2.31.